The summed E-state index contributed by atoms with van der Waals surface area (Å²) in [6.45, 7) is 1.96. The molecule has 1 saturated heterocycles. The number of amides is 1. The monoisotopic (exact) mass is 297 g/mol. The molecule has 0 unspecified atom stereocenters. The fraction of sp³-hybridized carbons (Fsp3) is 0.714. The average molecular weight is 297 g/mol. The van der Waals surface area contributed by atoms with Gasteiger partial charge < -0.3 is 19.9 Å². The molecule has 0 aromatic carbocycles. The zero-order valence-electron chi connectivity index (χ0n) is 12.3. The zero-order chi connectivity index (χ0) is 15.1. The van der Waals surface area contributed by atoms with E-state index in [-0.39, 0.29) is 17.9 Å². The third kappa shape index (κ3) is 4.80. The van der Waals surface area contributed by atoms with Crippen LogP contribution < -0.4 is 5.32 Å². The van der Waals surface area contributed by atoms with Gasteiger partial charge in [0.2, 0.25) is 5.91 Å². The Balaban J connectivity index is 1.64. The van der Waals surface area contributed by atoms with Crippen molar-refractivity contribution in [3.63, 3.8) is 0 Å². The molecule has 0 radical (unpaired) electrons. The van der Waals surface area contributed by atoms with Crippen molar-refractivity contribution < 1.29 is 19.4 Å². The lowest BCUT2D eigenvalue weighted by Gasteiger charge is -2.33. The van der Waals surface area contributed by atoms with Crippen molar-refractivity contribution in [3.8, 4) is 0 Å². The molecule has 2 N–H and O–H groups in total. The highest BCUT2D eigenvalue weighted by Gasteiger charge is 2.32. The van der Waals surface area contributed by atoms with E-state index < -0.39 is 6.10 Å². The van der Waals surface area contributed by atoms with Crippen LogP contribution in [0.25, 0.3) is 0 Å². The van der Waals surface area contributed by atoms with Gasteiger partial charge in [0.15, 0.2) is 0 Å². The molecule has 1 aliphatic heterocycles. The number of rotatable bonds is 7. The summed E-state index contributed by atoms with van der Waals surface area (Å²) in [6, 6.07) is 1.86. The van der Waals surface area contributed by atoms with Crippen LogP contribution in [0.3, 0.4) is 0 Å². The van der Waals surface area contributed by atoms with Crippen LogP contribution in [0.4, 0.5) is 0 Å². The van der Waals surface area contributed by atoms with E-state index in [1.807, 2.05) is 12.3 Å². The Morgan fingerprint density at radius 2 is 2.43 bits per heavy atom. The Labute approximate surface area is 124 Å². The van der Waals surface area contributed by atoms with Gasteiger partial charge in [0.05, 0.1) is 19.3 Å². The molecule has 0 aliphatic carbocycles. The van der Waals surface area contributed by atoms with Crippen LogP contribution in [-0.4, -0.2) is 59.9 Å². The largest absolute Gasteiger partial charge is 0.390 e. The molecular formula is C14H23N3O4. The zero-order valence-corrected chi connectivity index (χ0v) is 12.3. The normalized spacial score (nSPS) is 25.7. The van der Waals surface area contributed by atoms with Gasteiger partial charge in [-0.15, -0.1) is 0 Å². The molecule has 1 amide bonds. The standard InChI is InChI=1S/C14H23N3O4/c1-20-12-10-21-9-11(14(12)19)8-15-13(18)4-2-6-17-7-3-5-16-17/h3,5,7,11-12,14,19H,2,4,6,8-10H2,1H3,(H,15,18)/t11-,12-,14+/m1/s1. The van der Waals surface area contributed by atoms with Gasteiger partial charge in [-0.1, -0.05) is 0 Å². The first kappa shape index (κ1) is 15.9. The Morgan fingerprint density at radius 3 is 3.14 bits per heavy atom. The predicted octanol–water partition coefficient (Wildman–Crippen LogP) is -0.198. The minimum absolute atomic E-state index is 0.0195. The number of methoxy groups -OCH3 is 1. The van der Waals surface area contributed by atoms with Crippen LogP contribution in [0.1, 0.15) is 12.8 Å². The second-order valence-electron chi connectivity index (χ2n) is 5.24. The Hall–Kier alpha value is -1.44. The second kappa shape index (κ2) is 8.11. The van der Waals surface area contributed by atoms with Gasteiger partial charge in [0.25, 0.3) is 0 Å². The molecule has 7 heteroatoms. The summed E-state index contributed by atoms with van der Waals surface area (Å²) in [5.41, 5.74) is 0. The first-order valence-electron chi connectivity index (χ1n) is 7.23. The lowest BCUT2D eigenvalue weighted by atomic mass is 9.96. The molecule has 0 saturated carbocycles. The van der Waals surface area contributed by atoms with Crippen LogP contribution in [0, 0.1) is 5.92 Å². The van der Waals surface area contributed by atoms with Crippen molar-refractivity contribution >= 4 is 5.91 Å². The molecule has 1 aliphatic rings. The van der Waals surface area contributed by atoms with Gasteiger partial charge in [-0.05, 0) is 12.5 Å². The number of hydrogen-bond donors (Lipinski definition) is 2. The fourth-order valence-corrected chi connectivity index (χ4v) is 2.39. The summed E-state index contributed by atoms with van der Waals surface area (Å²) in [5, 5.41) is 17.0. The first-order chi connectivity index (χ1) is 10.2. The van der Waals surface area contributed by atoms with Gasteiger partial charge >= 0.3 is 0 Å². The van der Waals surface area contributed by atoms with Gasteiger partial charge in [-0.3, -0.25) is 9.48 Å². The van der Waals surface area contributed by atoms with Crippen molar-refractivity contribution in [1.29, 1.82) is 0 Å². The van der Waals surface area contributed by atoms with E-state index in [0.717, 1.165) is 13.0 Å². The molecule has 1 fully saturated rings. The molecule has 21 heavy (non-hydrogen) atoms. The van der Waals surface area contributed by atoms with Gasteiger partial charge in [0, 0.05) is 44.9 Å². The molecule has 1 aromatic heterocycles. The molecule has 3 atom stereocenters. The van der Waals surface area contributed by atoms with E-state index in [4.69, 9.17) is 9.47 Å². The number of aryl methyl sites for hydroxylation is 1. The number of hydrogen-bond acceptors (Lipinski definition) is 5. The van der Waals surface area contributed by atoms with E-state index in [9.17, 15) is 9.90 Å². The van der Waals surface area contributed by atoms with Gasteiger partial charge in [-0.25, -0.2) is 0 Å². The minimum Gasteiger partial charge on any atom is -0.390 e. The number of aliphatic hydroxyl groups is 1. The number of carbonyl (C=O) groups excluding carboxylic acids is 1. The molecular weight excluding hydrogens is 274 g/mol. The number of carbonyl (C=O) groups is 1. The van der Waals surface area contributed by atoms with E-state index in [1.54, 1.807) is 18.0 Å². The molecule has 2 heterocycles. The maximum absolute atomic E-state index is 11.8. The van der Waals surface area contributed by atoms with Gasteiger partial charge in [-0.2, -0.15) is 5.10 Å². The highest BCUT2D eigenvalue weighted by Crippen LogP contribution is 2.16. The number of ether oxygens (including phenoxy) is 2. The summed E-state index contributed by atoms with van der Waals surface area (Å²) < 4.78 is 12.3. The third-order valence-corrected chi connectivity index (χ3v) is 3.69. The van der Waals surface area contributed by atoms with E-state index in [2.05, 4.69) is 10.4 Å². The van der Waals surface area contributed by atoms with Gasteiger partial charge in [0.1, 0.15) is 6.10 Å². The molecule has 2 rings (SSSR count). The van der Waals surface area contributed by atoms with Crippen LogP contribution in [0.15, 0.2) is 18.5 Å². The van der Waals surface area contributed by atoms with Crippen molar-refractivity contribution in [1.82, 2.24) is 15.1 Å². The average Bonchev–Trinajstić information content (AvgIpc) is 2.99. The van der Waals surface area contributed by atoms with E-state index in [0.29, 0.717) is 26.2 Å². The third-order valence-electron chi connectivity index (χ3n) is 3.69. The highest BCUT2D eigenvalue weighted by atomic mass is 16.5. The highest BCUT2D eigenvalue weighted by molar-refractivity contribution is 5.75. The smallest absolute Gasteiger partial charge is 0.220 e. The maximum Gasteiger partial charge on any atom is 0.220 e. The summed E-state index contributed by atoms with van der Waals surface area (Å²) in [5.74, 6) is -0.146. The summed E-state index contributed by atoms with van der Waals surface area (Å²) in [4.78, 5) is 11.8. The topological polar surface area (TPSA) is 85.6 Å². The Bertz CT molecular complexity index is 424. The van der Waals surface area contributed by atoms with Crippen LogP contribution in [-0.2, 0) is 20.8 Å². The van der Waals surface area contributed by atoms with Crippen LogP contribution >= 0.6 is 0 Å². The molecule has 118 valence electrons. The Morgan fingerprint density at radius 1 is 1.57 bits per heavy atom. The summed E-state index contributed by atoms with van der Waals surface area (Å²) in [7, 11) is 1.55. The lowest BCUT2D eigenvalue weighted by molar-refractivity contribution is -0.136. The van der Waals surface area contributed by atoms with Crippen molar-refractivity contribution in [3.05, 3.63) is 18.5 Å². The molecule has 0 bridgehead atoms. The fourth-order valence-electron chi connectivity index (χ4n) is 2.39. The van der Waals surface area contributed by atoms with Crippen molar-refractivity contribution in [2.24, 2.45) is 5.92 Å². The summed E-state index contributed by atoms with van der Waals surface area (Å²) >= 11 is 0. The summed E-state index contributed by atoms with van der Waals surface area (Å²) in [6.07, 6.45) is 3.85. The molecule has 0 spiro atoms. The van der Waals surface area contributed by atoms with Crippen LogP contribution in [0.5, 0.6) is 0 Å². The van der Waals surface area contributed by atoms with Crippen molar-refractivity contribution in [2.45, 2.75) is 31.6 Å². The minimum atomic E-state index is -0.604. The molecule has 1 aromatic rings. The van der Waals surface area contributed by atoms with E-state index >= 15 is 0 Å². The number of nitrogens with one attached hydrogen (secondary N) is 1. The molecule has 7 nitrogen and oxygen atoms in total. The number of aromatic nitrogens is 2. The Kier molecular flexibility index (Phi) is 6.16. The quantitative estimate of drug-likeness (QED) is 0.728. The van der Waals surface area contributed by atoms with E-state index in [1.165, 1.54) is 0 Å². The SMILES string of the molecule is CO[C@@H]1COC[C@@H](CNC(=O)CCCn2cccn2)[C@@H]1O. The van der Waals surface area contributed by atoms with Crippen molar-refractivity contribution in [2.75, 3.05) is 26.9 Å². The first-order valence-corrected chi connectivity index (χ1v) is 7.23. The maximum atomic E-state index is 11.8. The van der Waals surface area contributed by atoms with Crippen LogP contribution in [0.2, 0.25) is 0 Å². The number of nitrogens with zero attached hydrogens (tertiary/aromatic N) is 2. The number of aliphatic hydroxyl groups excluding tert-OH is 1. The second-order valence-corrected chi connectivity index (χ2v) is 5.24. The lowest BCUT2D eigenvalue weighted by Crippen LogP contribution is -2.49. The predicted molar refractivity (Wildman–Crippen MR) is 75.6 cm³/mol.